The smallest absolute Gasteiger partial charge is 0.390 e. The lowest BCUT2D eigenvalue weighted by Crippen LogP contribution is -2.04. The molecule has 0 aliphatic rings. The minimum absolute atomic E-state index is 0.155. The Morgan fingerprint density at radius 2 is 2.43 bits per heavy atom. The quantitative estimate of drug-likeness (QED) is 0.565. The van der Waals surface area contributed by atoms with Crippen LogP contribution in [0, 0.1) is 10.1 Å². The molecule has 0 unspecified atom stereocenters. The van der Waals surface area contributed by atoms with Crippen LogP contribution in [0.15, 0.2) is 23.3 Å². The molecule has 0 saturated carbocycles. The summed E-state index contributed by atoms with van der Waals surface area (Å²) in [6, 6.07) is 0. The zero-order valence-corrected chi connectivity index (χ0v) is 7.85. The summed E-state index contributed by atoms with van der Waals surface area (Å²) in [6.45, 7) is 0.389. The molecule has 72 valence electrons. The van der Waals surface area contributed by atoms with Crippen molar-refractivity contribution in [1.29, 1.82) is 0 Å². The Kier molecular flexibility index (Phi) is 2.23. The van der Waals surface area contributed by atoms with Gasteiger partial charge in [0.25, 0.3) is 0 Å². The first kappa shape index (κ1) is 8.82. The highest BCUT2D eigenvalue weighted by atomic mass is 32.1. The van der Waals surface area contributed by atoms with Crippen molar-refractivity contribution in [1.82, 2.24) is 14.5 Å². The molecule has 2 heterocycles. The molecule has 2 aromatic rings. The Balaban J connectivity index is 2.25. The van der Waals surface area contributed by atoms with Crippen LogP contribution in [0.5, 0.6) is 0 Å². The van der Waals surface area contributed by atoms with Crippen molar-refractivity contribution in [3.63, 3.8) is 0 Å². The summed E-state index contributed by atoms with van der Waals surface area (Å²) in [6.07, 6.45) is 2.97. The van der Waals surface area contributed by atoms with E-state index in [1.807, 2.05) is 5.38 Å². The number of imidazole rings is 1. The third kappa shape index (κ3) is 1.62. The van der Waals surface area contributed by atoms with E-state index in [2.05, 4.69) is 9.97 Å². The van der Waals surface area contributed by atoms with Gasteiger partial charge in [0.2, 0.25) is 0 Å². The predicted molar refractivity (Wildman–Crippen MR) is 50.1 cm³/mol. The third-order valence-corrected chi connectivity index (χ3v) is 2.31. The van der Waals surface area contributed by atoms with Crippen LogP contribution in [-0.4, -0.2) is 19.5 Å². The van der Waals surface area contributed by atoms with Crippen LogP contribution in [0.1, 0.15) is 5.69 Å². The molecule has 0 amide bonds. The van der Waals surface area contributed by atoms with Gasteiger partial charge in [-0.25, -0.2) is 9.55 Å². The van der Waals surface area contributed by atoms with E-state index in [1.165, 1.54) is 22.1 Å². The van der Waals surface area contributed by atoms with Crippen molar-refractivity contribution in [2.45, 2.75) is 6.54 Å². The van der Waals surface area contributed by atoms with Crippen molar-refractivity contribution in [2.24, 2.45) is 0 Å². The summed E-state index contributed by atoms with van der Waals surface area (Å²) in [7, 11) is 0. The second-order valence-electron chi connectivity index (χ2n) is 2.59. The number of nitro groups is 1. The Bertz CT molecular complexity index is 436. The minimum Gasteiger partial charge on any atom is -0.390 e. The van der Waals surface area contributed by atoms with Crippen molar-refractivity contribution in [3.8, 4) is 0 Å². The standard InChI is InChI=1S/C7H6N4O2S/c12-11(13)7-8-1-2-10(7)3-6-4-14-5-9-6/h1-2,4-5H,3H2. The molecule has 14 heavy (non-hydrogen) atoms. The van der Waals surface area contributed by atoms with Gasteiger partial charge in [-0.1, -0.05) is 4.98 Å². The summed E-state index contributed by atoms with van der Waals surface area (Å²) >= 11 is 1.46. The van der Waals surface area contributed by atoms with Gasteiger partial charge in [-0.2, -0.15) is 0 Å². The first-order chi connectivity index (χ1) is 6.77. The minimum atomic E-state index is -0.508. The molecule has 0 N–H and O–H groups in total. The van der Waals surface area contributed by atoms with E-state index in [1.54, 1.807) is 11.7 Å². The highest BCUT2D eigenvalue weighted by Gasteiger charge is 2.14. The Labute approximate surface area is 83.0 Å². The van der Waals surface area contributed by atoms with Crippen LogP contribution in [0.4, 0.5) is 5.95 Å². The van der Waals surface area contributed by atoms with Crippen molar-refractivity contribution in [2.75, 3.05) is 0 Å². The maximum absolute atomic E-state index is 10.5. The molecule has 2 aromatic heterocycles. The SMILES string of the molecule is O=[N+]([O-])c1nccn1Cc1cscn1. The van der Waals surface area contributed by atoms with Crippen LogP contribution in [0.3, 0.4) is 0 Å². The van der Waals surface area contributed by atoms with E-state index in [9.17, 15) is 10.1 Å². The maximum Gasteiger partial charge on any atom is 0.434 e. The van der Waals surface area contributed by atoms with Gasteiger partial charge in [0, 0.05) is 5.38 Å². The summed E-state index contributed by atoms with van der Waals surface area (Å²) in [5.74, 6) is -0.155. The topological polar surface area (TPSA) is 73.8 Å². The zero-order valence-electron chi connectivity index (χ0n) is 7.03. The van der Waals surface area contributed by atoms with E-state index in [4.69, 9.17) is 0 Å². The molecule has 0 aromatic carbocycles. The second-order valence-corrected chi connectivity index (χ2v) is 3.31. The first-order valence-corrected chi connectivity index (χ1v) is 4.74. The van der Waals surface area contributed by atoms with Gasteiger partial charge in [-0.05, 0) is 4.92 Å². The van der Waals surface area contributed by atoms with Gasteiger partial charge in [0.05, 0.1) is 11.2 Å². The van der Waals surface area contributed by atoms with Crippen molar-refractivity contribution in [3.05, 3.63) is 39.1 Å². The van der Waals surface area contributed by atoms with Gasteiger partial charge in [0.1, 0.15) is 18.9 Å². The number of aromatic nitrogens is 3. The number of rotatable bonds is 3. The maximum atomic E-state index is 10.5. The molecule has 0 saturated heterocycles. The van der Waals surface area contributed by atoms with Crippen molar-refractivity contribution < 1.29 is 4.92 Å². The van der Waals surface area contributed by atoms with Gasteiger partial charge >= 0.3 is 5.95 Å². The number of nitrogens with zero attached hydrogens (tertiary/aromatic N) is 4. The summed E-state index contributed by atoms with van der Waals surface area (Å²) in [4.78, 5) is 17.7. The number of hydrogen-bond donors (Lipinski definition) is 0. The van der Waals surface area contributed by atoms with Gasteiger partial charge in [0.15, 0.2) is 0 Å². The molecule has 0 spiro atoms. The Hall–Kier alpha value is -1.76. The molecule has 6 nitrogen and oxygen atoms in total. The fourth-order valence-electron chi connectivity index (χ4n) is 1.09. The molecule has 0 aliphatic heterocycles. The summed E-state index contributed by atoms with van der Waals surface area (Å²) < 4.78 is 1.45. The highest BCUT2D eigenvalue weighted by molar-refractivity contribution is 7.07. The largest absolute Gasteiger partial charge is 0.434 e. The van der Waals surface area contributed by atoms with E-state index in [-0.39, 0.29) is 5.95 Å². The van der Waals surface area contributed by atoms with E-state index in [0.29, 0.717) is 6.54 Å². The highest BCUT2D eigenvalue weighted by Crippen LogP contribution is 2.11. The molecule has 7 heteroatoms. The van der Waals surface area contributed by atoms with Gasteiger partial charge < -0.3 is 10.1 Å². The van der Waals surface area contributed by atoms with Crippen LogP contribution in [0.25, 0.3) is 0 Å². The third-order valence-electron chi connectivity index (χ3n) is 1.67. The van der Waals surface area contributed by atoms with E-state index >= 15 is 0 Å². The first-order valence-electron chi connectivity index (χ1n) is 3.80. The summed E-state index contributed by atoms with van der Waals surface area (Å²) in [5, 5.41) is 12.4. The Morgan fingerprint density at radius 1 is 1.57 bits per heavy atom. The van der Waals surface area contributed by atoms with Crippen LogP contribution in [0.2, 0.25) is 0 Å². The number of thiazole rings is 1. The van der Waals surface area contributed by atoms with Crippen LogP contribution >= 0.6 is 11.3 Å². The van der Waals surface area contributed by atoms with E-state index in [0.717, 1.165) is 5.69 Å². The van der Waals surface area contributed by atoms with Crippen LogP contribution < -0.4 is 0 Å². The van der Waals surface area contributed by atoms with Crippen molar-refractivity contribution >= 4 is 17.3 Å². The van der Waals surface area contributed by atoms with E-state index < -0.39 is 4.92 Å². The monoisotopic (exact) mass is 210 g/mol. The molecule has 0 atom stereocenters. The summed E-state index contributed by atoms with van der Waals surface area (Å²) in [5.41, 5.74) is 2.49. The fourth-order valence-corrected chi connectivity index (χ4v) is 1.64. The molecule has 0 bridgehead atoms. The zero-order chi connectivity index (χ0) is 9.97. The lowest BCUT2D eigenvalue weighted by molar-refractivity contribution is -0.396. The normalized spacial score (nSPS) is 10.3. The predicted octanol–water partition coefficient (Wildman–Crippen LogP) is 1.30. The second kappa shape index (κ2) is 3.54. The molecule has 0 aliphatic carbocycles. The molecular formula is C7H6N4O2S. The lowest BCUT2D eigenvalue weighted by atomic mass is 10.5. The fraction of sp³-hybridized carbons (Fsp3) is 0.143. The number of hydrogen-bond acceptors (Lipinski definition) is 5. The average molecular weight is 210 g/mol. The molecular weight excluding hydrogens is 204 g/mol. The molecule has 2 rings (SSSR count). The van der Waals surface area contributed by atoms with Gasteiger partial charge in [-0.3, -0.25) is 0 Å². The van der Waals surface area contributed by atoms with Gasteiger partial charge in [-0.15, -0.1) is 11.3 Å². The molecule has 0 fully saturated rings. The van der Waals surface area contributed by atoms with Crippen LogP contribution in [-0.2, 0) is 6.54 Å². The average Bonchev–Trinajstić information content (AvgIpc) is 2.75. The lowest BCUT2D eigenvalue weighted by Gasteiger charge is -1.97. The molecule has 0 radical (unpaired) electrons. The Morgan fingerprint density at radius 3 is 3.07 bits per heavy atom.